The van der Waals surface area contributed by atoms with Gasteiger partial charge < -0.3 is 57.6 Å². The van der Waals surface area contributed by atoms with Gasteiger partial charge in [0.15, 0.2) is 0 Å². The van der Waals surface area contributed by atoms with E-state index in [-0.39, 0.29) is 39.6 Å². The lowest BCUT2D eigenvalue weighted by Gasteiger charge is -2.18. The van der Waals surface area contributed by atoms with Crippen LogP contribution >= 0.6 is 0 Å². The molecule has 4 bridgehead atoms. The lowest BCUT2D eigenvalue weighted by molar-refractivity contribution is -0.00787. The van der Waals surface area contributed by atoms with Gasteiger partial charge in [-0.05, 0) is 35.4 Å². The number of aliphatic hydroxyl groups is 2. The number of fused-ring (bicyclic) bond motifs is 4. The fraction of sp³-hybridized carbons (Fsp3) is 0.556. The molecule has 0 radical (unpaired) electrons. The largest absolute Gasteiger partial charge is 0.489 e. The molecule has 2 N–H and O–H groups in total. The Morgan fingerprint density at radius 1 is 0.458 bits per heavy atom. The van der Waals surface area contributed by atoms with Crippen LogP contribution in [0.3, 0.4) is 0 Å². The van der Waals surface area contributed by atoms with Gasteiger partial charge in [0, 0.05) is 22.3 Å². The number of hydrogen-bond donors (Lipinski definition) is 2. The minimum Gasteiger partial charge on any atom is -0.489 e. The van der Waals surface area contributed by atoms with Crippen LogP contribution in [-0.2, 0) is 77.5 Å². The Morgan fingerprint density at radius 3 is 0.938 bits per heavy atom. The first kappa shape index (κ1) is 39.6. The van der Waals surface area contributed by atoms with Gasteiger partial charge in [-0.15, -0.1) is 0 Å². The number of aliphatic hydroxyl groups excluding tert-OH is 2. The standard InChI is InChI=1S/C36H52O12/c1-3-5-47-35-31-19-29(23-37)20-32(35)26-44-16-12-40-8-10-42-14-18-46-28-34-22-30(24-38)21-33(36(34)48-6-4-2)27-45-17-13-41-9-7-39-11-15-43-25-31/h3-4,19-22,37-38H,1-2,5-18,23-28H2. The highest BCUT2D eigenvalue weighted by Crippen LogP contribution is 2.29. The van der Waals surface area contributed by atoms with Crippen LogP contribution in [0.2, 0.25) is 0 Å². The maximum Gasteiger partial charge on any atom is 0.130 e. The quantitative estimate of drug-likeness (QED) is 0.396. The van der Waals surface area contributed by atoms with Crippen molar-refractivity contribution in [2.24, 2.45) is 0 Å². The second-order valence-electron chi connectivity index (χ2n) is 10.7. The Labute approximate surface area is 284 Å². The normalized spacial score (nSPS) is 17.5. The van der Waals surface area contributed by atoms with Crippen molar-refractivity contribution < 1.29 is 57.6 Å². The predicted octanol–water partition coefficient (Wildman–Crippen LogP) is 3.65. The molecule has 1 heterocycles. The van der Waals surface area contributed by atoms with E-state index in [9.17, 15) is 10.2 Å². The number of hydrogen-bond acceptors (Lipinski definition) is 12. The van der Waals surface area contributed by atoms with Gasteiger partial charge in [-0.1, -0.05) is 25.3 Å². The summed E-state index contributed by atoms with van der Waals surface area (Å²) in [7, 11) is 0. The zero-order valence-corrected chi connectivity index (χ0v) is 28.0. The van der Waals surface area contributed by atoms with Gasteiger partial charge in [0.1, 0.15) is 24.7 Å². The van der Waals surface area contributed by atoms with E-state index in [1.165, 1.54) is 0 Å². The molecular weight excluding hydrogens is 624 g/mol. The lowest BCUT2D eigenvalue weighted by atomic mass is 10.0. The predicted molar refractivity (Wildman–Crippen MR) is 178 cm³/mol. The van der Waals surface area contributed by atoms with Crippen molar-refractivity contribution in [3.8, 4) is 11.5 Å². The first-order valence-electron chi connectivity index (χ1n) is 16.3. The SMILES string of the molecule is C=CCOc1c2cc(CO)cc1COCCOCCOCCOCc1cc(CO)cc(c1OCC=C)COCCOCCOCCOC2. The summed E-state index contributed by atoms with van der Waals surface area (Å²) in [6.07, 6.45) is 3.35. The zero-order valence-electron chi connectivity index (χ0n) is 28.0. The maximum absolute atomic E-state index is 9.84. The lowest BCUT2D eigenvalue weighted by Crippen LogP contribution is -2.13. The van der Waals surface area contributed by atoms with E-state index in [4.69, 9.17) is 47.4 Å². The molecule has 268 valence electrons. The fourth-order valence-corrected chi connectivity index (χ4v) is 4.76. The Morgan fingerprint density at radius 2 is 0.708 bits per heavy atom. The fourth-order valence-electron chi connectivity index (χ4n) is 4.76. The first-order valence-corrected chi connectivity index (χ1v) is 16.3. The molecule has 1 aliphatic heterocycles. The smallest absolute Gasteiger partial charge is 0.130 e. The molecule has 0 aromatic heterocycles. The minimum absolute atomic E-state index is 0.118. The molecule has 2 aromatic rings. The maximum atomic E-state index is 9.84. The molecule has 0 aliphatic carbocycles. The first-order chi connectivity index (χ1) is 23.7. The number of ether oxygens (including phenoxy) is 10. The van der Waals surface area contributed by atoms with E-state index in [0.717, 1.165) is 33.4 Å². The minimum atomic E-state index is -0.118. The summed E-state index contributed by atoms with van der Waals surface area (Å²) >= 11 is 0. The Kier molecular flexibility index (Phi) is 20.7. The van der Waals surface area contributed by atoms with Crippen LogP contribution < -0.4 is 9.47 Å². The van der Waals surface area contributed by atoms with E-state index in [1.54, 1.807) is 12.2 Å². The van der Waals surface area contributed by atoms with E-state index in [1.807, 2.05) is 24.3 Å². The molecule has 0 saturated heterocycles. The molecule has 48 heavy (non-hydrogen) atoms. The molecule has 0 atom stereocenters. The van der Waals surface area contributed by atoms with Crippen LogP contribution in [0.1, 0.15) is 33.4 Å². The van der Waals surface area contributed by atoms with Crippen molar-refractivity contribution in [2.75, 3.05) is 92.5 Å². The average molecular weight is 677 g/mol. The van der Waals surface area contributed by atoms with E-state index in [0.29, 0.717) is 104 Å². The molecule has 12 nitrogen and oxygen atoms in total. The van der Waals surface area contributed by atoms with Crippen molar-refractivity contribution in [2.45, 2.75) is 39.6 Å². The van der Waals surface area contributed by atoms with E-state index >= 15 is 0 Å². The van der Waals surface area contributed by atoms with Crippen LogP contribution in [0.25, 0.3) is 0 Å². The second kappa shape index (κ2) is 25.1. The summed E-state index contributed by atoms with van der Waals surface area (Å²) in [6.45, 7) is 13.7. The molecule has 0 saturated carbocycles. The molecular formula is C36H52O12. The van der Waals surface area contributed by atoms with Crippen molar-refractivity contribution in [3.63, 3.8) is 0 Å². The second-order valence-corrected chi connectivity index (χ2v) is 10.7. The third-order valence-corrected chi connectivity index (χ3v) is 6.92. The molecule has 3 rings (SSSR count). The van der Waals surface area contributed by atoms with Gasteiger partial charge in [0.2, 0.25) is 0 Å². The van der Waals surface area contributed by atoms with Gasteiger partial charge in [-0.25, -0.2) is 0 Å². The Bertz CT molecular complexity index is 1030. The highest BCUT2D eigenvalue weighted by atomic mass is 16.6. The van der Waals surface area contributed by atoms with Crippen LogP contribution in [0.15, 0.2) is 49.6 Å². The van der Waals surface area contributed by atoms with Crippen molar-refractivity contribution >= 4 is 0 Å². The zero-order chi connectivity index (χ0) is 34.1. The van der Waals surface area contributed by atoms with E-state index in [2.05, 4.69) is 13.2 Å². The van der Waals surface area contributed by atoms with Crippen molar-refractivity contribution in [1.82, 2.24) is 0 Å². The molecule has 0 spiro atoms. The summed E-state index contributed by atoms with van der Waals surface area (Å²) in [5.74, 6) is 1.31. The van der Waals surface area contributed by atoms with Gasteiger partial charge in [-0.2, -0.15) is 0 Å². The van der Waals surface area contributed by atoms with E-state index < -0.39 is 0 Å². The van der Waals surface area contributed by atoms with Gasteiger partial charge >= 0.3 is 0 Å². The van der Waals surface area contributed by atoms with Gasteiger partial charge in [0.25, 0.3) is 0 Å². The highest BCUT2D eigenvalue weighted by Gasteiger charge is 2.15. The monoisotopic (exact) mass is 676 g/mol. The van der Waals surface area contributed by atoms with Crippen LogP contribution in [0.4, 0.5) is 0 Å². The molecule has 0 fully saturated rings. The summed E-state index contributed by atoms with van der Waals surface area (Å²) < 4.78 is 58.1. The average Bonchev–Trinajstić information content (AvgIpc) is 3.10. The molecule has 0 amide bonds. The van der Waals surface area contributed by atoms with Crippen LogP contribution in [-0.4, -0.2) is 103 Å². The molecule has 12 heteroatoms. The number of benzene rings is 2. The third kappa shape index (κ3) is 15.1. The van der Waals surface area contributed by atoms with Crippen molar-refractivity contribution in [3.05, 3.63) is 83.0 Å². The molecule has 0 unspecified atom stereocenters. The Hall–Kier alpha value is -2.88. The van der Waals surface area contributed by atoms with Crippen molar-refractivity contribution in [1.29, 1.82) is 0 Å². The summed E-state index contributed by atoms with van der Waals surface area (Å²) in [6, 6.07) is 7.47. The molecule has 1 aliphatic rings. The Balaban J connectivity index is 1.58. The summed E-state index contributed by atoms with van der Waals surface area (Å²) in [5, 5.41) is 19.7. The van der Waals surface area contributed by atoms with Crippen LogP contribution in [0.5, 0.6) is 11.5 Å². The topological polar surface area (TPSA) is 133 Å². The summed E-state index contributed by atoms with van der Waals surface area (Å²) in [4.78, 5) is 0. The van der Waals surface area contributed by atoms with Gasteiger partial charge in [0.05, 0.1) is 119 Å². The number of rotatable bonds is 8. The van der Waals surface area contributed by atoms with Gasteiger partial charge in [-0.3, -0.25) is 0 Å². The highest BCUT2D eigenvalue weighted by molar-refractivity contribution is 5.45. The van der Waals surface area contributed by atoms with Crippen LogP contribution in [0, 0.1) is 0 Å². The third-order valence-electron chi connectivity index (χ3n) is 6.92. The molecule has 2 aromatic carbocycles. The summed E-state index contributed by atoms with van der Waals surface area (Å²) in [5.41, 5.74) is 4.70.